The molecule has 1 amide bonds. The molecule has 0 aliphatic carbocycles. The van der Waals surface area contributed by atoms with Gasteiger partial charge in [-0.3, -0.25) is 9.69 Å². The quantitative estimate of drug-likeness (QED) is 0.707. The fourth-order valence-electron chi connectivity index (χ4n) is 4.41. The van der Waals surface area contributed by atoms with Crippen LogP contribution in [0.1, 0.15) is 54.1 Å². The van der Waals surface area contributed by atoms with Gasteiger partial charge in [-0.2, -0.15) is 0 Å². The van der Waals surface area contributed by atoms with Crippen LogP contribution in [0.15, 0.2) is 36.4 Å². The zero-order valence-corrected chi connectivity index (χ0v) is 18.5. The molecule has 1 fully saturated rings. The van der Waals surface area contributed by atoms with Crippen LogP contribution < -0.4 is 0 Å². The van der Waals surface area contributed by atoms with Crippen molar-refractivity contribution in [1.82, 2.24) is 14.4 Å². The second kappa shape index (κ2) is 9.59. The van der Waals surface area contributed by atoms with Gasteiger partial charge in [0.25, 0.3) is 5.91 Å². The summed E-state index contributed by atoms with van der Waals surface area (Å²) in [6.45, 7) is 15.5. The lowest BCUT2D eigenvalue weighted by Crippen LogP contribution is -2.48. The number of carbonyl (C=O) groups excluding carboxylic acids is 1. The number of rotatable bonds is 7. The van der Waals surface area contributed by atoms with Crippen molar-refractivity contribution in [2.24, 2.45) is 0 Å². The zero-order chi connectivity index (χ0) is 21.0. The molecule has 0 bridgehead atoms. The van der Waals surface area contributed by atoms with Crippen molar-refractivity contribution in [3.8, 4) is 0 Å². The summed E-state index contributed by atoms with van der Waals surface area (Å²) in [5.74, 6) is 0.120. The van der Waals surface area contributed by atoms with Gasteiger partial charge in [0.2, 0.25) is 0 Å². The fraction of sp³-hybridized carbons (Fsp3) is 0.542. The Morgan fingerprint density at radius 2 is 1.76 bits per heavy atom. The second-order valence-electron chi connectivity index (χ2n) is 8.43. The van der Waals surface area contributed by atoms with Crippen molar-refractivity contribution < 1.29 is 9.53 Å². The van der Waals surface area contributed by atoms with E-state index in [4.69, 9.17) is 4.74 Å². The number of ether oxygens (including phenoxy) is 1. The van der Waals surface area contributed by atoms with Crippen LogP contribution in [0.2, 0.25) is 0 Å². The number of morpholine rings is 1. The molecule has 0 saturated carbocycles. The maximum atomic E-state index is 13.7. The molecule has 158 valence electrons. The molecule has 2 aromatic rings. The number of hydrogen-bond acceptors (Lipinski definition) is 3. The standard InChI is InChI=1S/C24H35N3O2/c1-18(2)27-19(3)15-23(21(27)5)24(28)26(17-22-9-7-6-8-10-22)20(4)16-25-11-13-29-14-12-25/h6-10,15,18,20H,11-14,16-17H2,1-5H3. The lowest BCUT2D eigenvalue weighted by molar-refractivity contribution is 0.0228. The van der Waals surface area contributed by atoms with E-state index in [1.165, 1.54) is 0 Å². The van der Waals surface area contributed by atoms with Crippen LogP contribution in [-0.2, 0) is 11.3 Å². The summed E-state index contributed by atoms with van der Waals surface area (Å²) in [7, 11) is 0. The van der Waals surface area contributed by atoms with Gasteiger partial charge >= 0.3 is 0 Å². The van der Waals surface area contributed by atoms with E-state index in [2.05, 4.69) is 62.3 Å². The van der Waals surface area contributed by atoms with Gasteiger partial charge in [-0.05, 0) is 46.2 Å². The first-order valence-corrected chi connectivity index (χ1v) is 10.7. The average Bonchev–Trinajstić information content (AvgIpc) is 3.01. The van der Waals surface area contributed by atoms with E-state index in [9.17, 15) is 4.79 Å². The van der Waals surface area contributed by atoms with Crippen molar-refractivity contribution in [2.75, 3.05) is 32.8 Å². The molecule has 1 aliphatic heterocycles. The third-order valence-electron chi connectivity index (χ3n) is 5.85. The summed E-state index contributed by atoms with van der Waals surface area (Å²) < 4.78 is 7.73. The highest BCUT2D eigenvalue weighted by atomic mass is 16.5. The molecular weight excluding hydrogens is 362 g/mol. The first-order valence-electron chi connectivity index (χ1n) is 10.7. The molecule has 5 heteroatoms. The Hall–Kier alpha value is -2.11. The average molecular weight is 398 g/mol. The molecule has 0 radical (unpaired) electrons. The molecule has 1 aromatic heterocycles. The van der Waals surface area contributed by atoms with Gasteiger partial charge in [0.1, 0.15) is 0 Å². The number of aryl methyl sites for hydroxylation is 1. The Morgan fingerprint density at radius 1 is 1.10 bits per heavy atom. The van der Waals surface area contributed by atoms with Crippen molar-refractivity contribution in [3.05, 3.63) is 58.9 Å². The minimum absolute atomic E-state index is 0.114. The summed E-state index contributed by atoms with van der Waals surface area (Å²) in [4.78, 5) is 18.1. The largest absolute Gasteiger partial charge is 0.379 e. The smallest absolute Gasteiger partial charge is 0.256 e. The van der Waals surface area contributed by atoms with Crippen molar-refractivity contribution in [2.45, 2.75) is 53.2 Å². The highest BCUT2D eigenvalue weighted by Gasteiger charge is 2.27. The van der Waals surface area contributed by atoms with Crippen LogP contribution in [0.25, 0.3) is 0 Å². The fourth-order valence-corrected chi connectivity index (χ4v) is 4.41. The molecule has 2 heterocycles. The predicted octanol–water partition coefficient (Wildman–Crippen LogP) is 4.05. The predicted molar refractivity (Wildman–Crippen MR) is 117 cm³/mol. The number of hydrogen-bond donors (Lipinski definition) is 0. The molecule has 1 aromatic carbocycles. The Balaban J connectivity index is 1.87. The molecule has 1 saturated heterocycles. The maximum absolute atomic E-state index is 13.7. The lowest BCUT2D eigenvalue weighted by Gasteiger charge is -2.35. The third kappa shape index (κ3) is 5.09. The van der Waals surface area contributed by atoms with Crippen LogP contribution in [0, 0.1) is 13.8 Å². The molecule has 29 heavy (non-hydrogen) atoms. The monoisotopic (exact) mass is 397 g/mol. The highest BCUT2D eigenvalue weighted by Crippen LogP contribution is 2.23. The third-order valence-corrected chi connectivity index (χ3v) is 5.85. The van der Waals surface area contributed by atoms with Crippen LogP contribution in [-0.4, -0.2) is 59.2 Å². The van der Waals surface area contributed by atoms with Gasteiger partial charge in [-0.1, -0.05) is 30.3 Å². The normalized spacial score (nSPS) is 16.2. The molecule has 1 unspecified atom stereocenters. The van der Waals surface area contributed by atoms with Crippen LogP contribution in [0.5, 0.6) is 0 Å². The van der Waals surface area contributed by atoms with Gasteiger partial charge in [0.15, 0.2) is 0 Å². The van der Waals surface area contributed by atoms with Gasteiger partial charge < -0.3 is 14.2 Å². The van der Waals surface area contributed by atoms with E-state index in [-0.39, 0.29) is 11.9 Å². The number of aromatic nitrogens is 1. The summed E-state index contributed by atoms with van der Waals surface area (Å²) in [6.07, 6.45) is 0. The number of nitrogens with zero attached hydrogens (tertiary/aromatic N) is 3. The van der Waals surface area contributed by atoms with Crippen molar-refractivity contribution in [1.29, 1.82) is 0 Å². The molecule has 3 rings (SSSR count). The first-order chi connectivity index (χ1) is 13.9. The molecular formula is C24H35N3O2. The summed E-state index contributed by atoms with van der Waals surface area (Å²) in [6, 6.07) is 12.8. The number of benzene rings is 1. The molecule has 5 nitrogen and oxygen atoms in total. The van der Waals surface area contributed by atoms with Gasteiger partial charge in [-0.15, -0.1) is 0 Å². The number of carbonyl (C=O) groups is 1. The van der Waals surface area contributed by atoms with Gasteiger partial charge in [0.05, 0.1) is 18.8 Å². The SMILES string of the molecule is Cc1cc(C(=O)N(Cc2ccccc2)C(C)CN2CCOCC2)c(C)n1C(C)C. The Kier molecular flexibility index (Phi) is 7.14. The van der Waals surface area contributed by atoms with E-state index in [1.807, 2.05) is 23.1 Å². The van der Waals surface area contributed by atoms with E-state index < -0.39 is 0 Å². The van der Waals surface area contributed by atoms with Crippen LogP contribution >= 0.6 is 0 Å². The van der Waals surface area contributed by atoms with Crippen LogP contribution in [0.4, 0.5) is 0 Å². The van der Waals surface area contributed by atoms with E-state index >= 15 is 0 Å². The Labute approximate surface area is 175 Å². The maximum Gasteiger partial charge on any atom is 0.256 e. The molecule has 0 N–H and O–H groups in total. The molecule has 1 aliphatic rings. The minimum Gasteiger partial charge on any atom is -0.379 e. The number of amides is 1. The minimum atomic E-state index is 0.114. The van der Waals surface area contributed by atoms with Crippen molar-refractivity contribution >= 4 is 5.91 Å². The summed E-state index contributed by atoms with van der Waals surface area (Å²) >= 11 is 0. The zero-order valence-electron chi connectivity index (χ0n) is 18.5. The van der Waals surface area contributed by atoms with E-state index in [0.717, 1.165) is 55.4 Å². The van der Waals surface area contributed by atoms with Gasteiger partial charge in [-0.25, -0.2) is 0 Å². The van der Waals surface area contributed by atoms with E-state index in [0.29, 0.717) is 12.6 Å². The first kappa shape index (κ1) is 21.6. The highest BCUT2D eigenvalue weighted by molar-refractivity contribution is 5.96. The van der Waals surface area contributed by atoms with Gasteiger partial charge in [0, 0.05) is 49.7 Å². The Bertz CT molecular complexity index is 807. The molecule has 1 atom stereocenters. The van der Waals surface area contributed by atoms with Crippen LogP contribution in [0.3, 0.4) is 0 Å². The van der Waals surface area contributed by atoms with Crippen molar-refractivity contribution in [3.63, 3.8) is 0 Å². The topological polar surface area (TPSA) is 37.7 Å². The van der Waals surface area contributed by atoms with E-state index in [1.54, 1.807) is 0 Å². The summed E-state index contributed by atoms with van der Waals surface area (Å²) in [5.41, 5.74) is 4.17. The summed E-state index contributed by atoms with van der Waals surface area (Å²) in [5, 5.41) is 0. The molecule has 0 spiro atoms. The lowest BCUT2D eigenvalue weighted by atomic mass is 10.1. The Morgan fingerprint density at radius 3 is 2.34 bits per heavy atom. The second-order valence-corrected chi connectivity index (χ2v) is 8.43.